The van der Waals surface area contributed by atoms with Gasteiger partial charge >= 0.3 is 0 Å². The highest BCUT2D eigenvalue weighted by Crippen LogP contribution is 2.34. The normalized spacial score (nSPS) is 20.4. The van der Waals surface area contributed by atoms with Gasteiger partial charge in [0.05, 0.1) is 11.8 Å². The summed E-state index contributed by atoms with van der Waals surface area (Å²) in [7, 11) is 0. The van der Waals surface area contributed by atoms with E-state index in [-0.39, 0.29) is 12.1 Å². The zero-order valence-corrected chi connectivity index (χ0v) is 17.5. The van der Waals surface area contributed by atoms with E-state index >= 15 is 0 Å². The molecule has 2 aliphatic rings. The molecule has 6 nitrogen and oxygen atoms in total. The molecule has 0 saturated carbocycles. The van der Waals surface area contributed by atoms with Crippen molar-refractivity contribution in [3.05, 3.63) is 71.0 Å². The van der Waals surface area contributed by atoms with Gasteiger partial charge in [-0.3, -0.25) is 5.41 Å². The summed E-state index contributed by atoms with van der Waals surface area (Å²) in [4.78, 5) is 4.47. The van der Waals surface area contributed by atoms with Crippen molar-refractivity contribution in [1.82, 2.24) is 4.98 Å². The standard InChI is InChI=1S/C24H29N5O/c1-14(2)30-20-5-6-22(26)21(13-20)24(27)16-7-8-28-23(12-16)29-19-10-15-3-4-18(25)9-17(15)11-19/h3-8,12-14,18-19,27H,9-11,25-26H2,1-2H3,(H,28,29). The Morgan fingerprint density at radius 3 is 2.83 bits per heavy atom. The predicted octanol–water partition coefficient (Wildman–Crippen LogP) is 4.03. The SMILES string of the molecule is CC(C)Oc1ccc(N)c(C(=N)c2ccnc(NC3CC4=C(CC(N)C=C4)C3)c2)c1. The van der Waals surface area contributed by atoms with E-state index in [2.05, 4.69) is 22.5 Å². The number of allylic oxidation sites excluding steroid dienone is 1. The van der Waals surface area contributed by atoms with Gasteiger partial charge in [-0.2, -0.15) is 0 Å². The fourth-order valence-electron chi connectivity index (χ4n) is 4.13. The van der Waals surface area contributed by atoms with Crippen LogP contribution in [-0.4, -0.2) is 28.9 Å². The van der Waals surface area contributed by atoms with Gasteiger partial charge in [0.15, 0.2) is 0 Å². The number of aromatic nitrogens is 1. The summed E-state index contributed by atoms with van der Waals surface area (Å²) in [6.07, 6.45) is 8.94. The third-order valence-corrected chi connectivity index (χ3v) is 5.51. The maximum absolute atomic E-state index is 8.70. The molecule has 0 fully saturated rings. The molecule has 1 aromatic carbocycles. The van der Waals surface area contributed by atoms with Crippen molar-refractivity contribution in [2.45, 2.75) is 51.3 Å². The van der Waals surface area contributed by atoms with Gasteiger partial charge < -0.3 is 21.5 Å². The second kappa shape index (κ2) is 8.32. The fraction of sp³-hybridized carbons (Fsp3) is 0.333. The average Bonchev–Trinajstić information content (AvgIpc) is 3.10. The number of anilines is 2. The van der Waals surface area contributed by atoms with Crippen LogP contribution in [0.3, 0.4) is 0 Å². The van der Waals surface area contributed by atoms with E-state index in [9.17, 15) is 0 Å². The lowest BCUT2D eigenvalue weighted by Gasteiger charge is -2.16. The molecular weight excluding hydrogens is 374 g/mol. The smallest absolute Gasteiger partial charge is 0.126 e. The first-order valence-corrected chi connectivity index (χ1v) is 10.4. The number of ether oxygens (including phenoxy) is 1. The van der Waals surface area contributed by atoms with Crippen molar-refractivity contribution in [1.29, 1.82) is 5.41 Å². The quantitative estimate of drug-likeness (QED) is 0.430. The molecular formula is C24H29N5O. The molecule has 0 bridgehead atoms. The Hall–Kier alpha value is -3.12. The van der Waals surface area contributed by atoms with Crippen molar-refractivity contribution >= 4 is 17.2 Å². The molecule has 1 aromatic heterocycles. The van der Waals surface area contributed by atoms with E-state index in [0.717, 1.165) is 30.6 Å². The number of rotatable bonds is 6. The van der Waals surface area contributed by atoms with Gasteiger partial charge in [0.2, 0.25) is 0 Å². The molecule has 0 saturated heterocycles. The van der Waals surface area contributed by atoms with Crippen LogP contribution in [0.15, 0.2) is 59.8 Å². The first-order valence-electron chi connectivity index (χ1n) is 10.4. The monoisotopic (exact) mass is 403 g/mol. The number of hydrogen-bond donors (Lipinski definition) is 4. The average molecular weight is 404 g/mol. The lowest BCUT2D eigenvalue weighted by Crippen LogP contribution is -2.20. The van der Waals surface area contributed by atoms with Crippen molar-refractivity contribution < 1.29 is 4.74 Å². The van der Waals surface area contributed by atoms with Crippen LogP contribution in [0.4, 0.5) is 11.5 Å². The summed E-state index contributed by atoms with van der Waals surface area (Å²) in [5.41, 5.74) is 17.4. The van der Waals surface area contributed by atoms with E-state index in [1.807, 2.05) is 38.1 Å². The molecule has 2 unspecified atom stereocenters. The van der Waals surface area contributed by atoms with E-state index in [1.165, 1.54) is 11.1 Å². The van der Waals surface area contributed by atoms with Gasteiger partial charge in [-0.15, -0.1) is 0 Å². The van der Waals surface area contributed by atoms with E-state index in [0.29, 0.717) is 28.8 Å². The van der Waals surface area contributed by atoms with Crippen LogP contribution >= 0.6 is 0 Å². The van der Waals surface area contributed by atoms with Crippen LogP contribution < -0.4 is 21.5 Å². The van der Waals surface area contributed by atoms with Crippen LogP contribution in [0, 0.1) is 5.41 Å². The highest BCUT2D eigenvalue weighted by Gasteiger charge is 2.26. The largest absolute Gasteiger partial charge is 0.491 e. The topological polar surface area (TPSA) is 110 Å². The molecule has 1 heterocycles. The highest BCUT2D eigenvalue weighted by molar-refractivity contribution is 6.14. The fourth-order valence-corrected chi connectivity index (χ4v) is 4.13. The van der Waals surface area contributed by atoms with Gasteiger partial charge in [-0.1, -0.05) is 17.7 Å². The minimum Gasteiger partial charge on any atom is -0.491 e. The van der Waals surface area contributed by atoms with Crippen LogP contribution in [0.25, 0.3) is 0 Å². The molecule has 156 valence electrons. The molecule has 0 radical (unpaired) electrons. The number of nitrogen functional groups attached to an aromatic ring is 1. The van der Waals surface area contributed by atoms with Crippen molar-refractivity contribution in [3.8, 4) is 5.75 Å². The van der Waals surface area contributed by atoms with Gasteiger partial charge in [-0.25, -0.2) is 4.98 Å². The van der Waals surface area contributed by atoms with Crippen molar-refractivity contribution in [2.75, 3.05) is 11.1 Å². The number of nitrogens with two attached hydrogens (primary N) is 2. The van der Waals surface area contributed by atoms with Crippen molar-refractivity contribution in [3.63, 3.8) is 0 Å². The number of nitrogens with one attached hydrogen (secondary N) is 2. The van der Waals surface area contributed by atoms with Gasteiger partial charge in [0, 0.05) is 35.1 Å². The molecule has 2 aromatic rings. The Morgan fingerprint density at radius 1 is 1.20 bits per heavy atom. The van der Waals surface area contributed by atoms with Gasteiger partial charge in [-0.05, 0) is 69.0 Å². The first-order chi connectivity index (χ1) is 14.4. The minimum atomic E-state index is 0.0580. The maximum Gasteiger partial charge on any atom is 0.126 e. The van der Waals surface area contributed by atoms with Crippen LogP contribution in [-0.2, 0) is 0 Å². The molecule has 0 spiro atoms. The maximum atomic E-state index is 8.70. The molecule has 6 heteroatoms. The third kappa shape index (κ3) is 4.39. The van der Waals surface area contributed by atoms with E-state index in [4.69, 9.17) is 21.6 Å². The Bertz CT molecular complexity index is 1020. The zero-order chi connectivity index (χ0) is 21.3. The van der Waals surface area contributed by atoms with E-state index in [1.54, 1.807) is 12.3 Å². The van der Waals surface area contributed by atoms with E-state index < -0.39 is 0 Å². The van der Waals surface area contributed by atoms with Gasteiger partial charge in [0.25, 0.3) is 0 Å². The highest BCUT2D eigenvalue weighted by atomic mass is 16.5. The molecule has 4 rings (SSSR count). The Labute approximate surface area is 177 Å². The molecule has 30 heavy (non-hydrogen) atoms. The number of hydrogen-bond acceptors (Lipinski definition) is 6. The summed E-state index contributed by atoms with van der Waals surface area (Å²) in [5.74, 6) is 1.48. The predicted molar refractivity (Wildman–Crippen MR) is 122 cm³/mol. The van der Waals surface area contributed by atoms with Crippen molar-refractivity contribution in [2.24, 2.45) is 5.73 Å². The summed E-state index contributed by atoms with van der Waals surface area (Å²) in [5, 5.41) is 12.2. The number of pyridine rings is 1. The summed E-state index contributed by atoms with van der Waals surface area (Å²) < 4.78 is 5.77. The lowest BCUT2D eigenvalue weighted by molar-refractivity contribution is 0.242. The van der Waals surface area contributed by atoms with Crippen LogP contribution in [0.2, 0.25) is 0 Å². The van der Waals surface area contributed by atoms with Gasteiger partial charge in [0.1, 0.15) is 11.6 Å². The summed E-state index contributed by atoms with van der Waals surface area (Å²) >= 11 is 0. The first kappa shape index (κ1) is 20.2. The third-order valence-electron chi connectivity index (χ3n) is 5.51. The molecule has 6 N–H and O–H groups in total. The summed E-state index contributed by atoms with van der Waals surface area (Å²) in [6, 6.07) is 9.63. The molecule has 0 amide bonds. The second-order valence-electron chi connectivity index (χ2n) is 8.33. The van der Waals surface area contributed by atoms with Crippen LogP contribution in [0.1, 0.15) is 44.2 Å². The Kier molecular flexibility index (Phi) is 5.59. The lowest BCUT2D eigenvalue weighted by atomic mass is 9.97. The second-order valence-corrected chi connectivity index (χ2v) is 8.33. The molecule has 2 aliphatic carbocycles. The molecule has 0 aliphatic heterocycles. The molecule has 2 atom stereocenters. The zero-order valence-electron chi connectivity index (χ0n) is 17.5. The Balaban J connectivity index is 1.49. The van der Waals surface area contributed by atoms with Crippen LogP contribution in [0.5, 0.6) is 5.75 Å². The minimum absolute atomic E-state index is 0.0580. The number of nitrogens with zero attached hydrogens (tertiary/aromatic N) is 1. The summed E-state index contributed by atoms with van der Waals surface area (Å²) in [6.45, 7) is 3.95. The number of benzene rings is 1. The Morgan fingerprint density at radius 2 is 2.03 bits per heavy atom.